The van der Waals surface area contributed by atoms with Crippen LogP contribution >= 0.6 is 0 Å². The summed E-state index contributed by atoms with van der Waals surface area (Å²) in [6.07, 6.45) is 0. The SMILES string of the molecule is [Ca+2].[Cu+2].[Hg+2].[O-2].[O-2].[O-2].[O-2].[Sr+2]. The molecular formula is CaCuHgO4Sr. The van der Waals surface area contributed by atoms with Gasteiger partial charge in [-0.3, -0.25) is 0 Å². The van der Waals surface area contributed by atoms with Crippen molar-refractivity contribution in [2.24, 2.45) is 0 Å². The van der Waals surface area contributed by atoms with E-state index in [1.165, 1.54) is 0 Å². The van der Waals surface area contributed by atoms with Crippen LogP contribution in [-0.2, 0) is 66.6 Å². The Bertz CT molecular complexity index is 16.0. The molecule has 0 aliphatic rings. The predicted molar refractivity (Wildman–Crippen MR) is 14.3 cm³/mol. The van der Waals surface area contributed by atoms with E-state index in [2.05, 4.69) is 0 Å². The summed E-state index contributed by atoms with van der Waals surface area (Å²) >= 11 is 0. The Morgan fingerprint density at radius 1 is 0.625 bits per heavy atom. The van der Waals surface area contributed by atoms with Gasteiger partial charge < -0.3 is 21.9 Å². The van der Waals surface area contributed by atoms with Gasteiger partial charge in [-0.1, -0.05) is 0 Å². The van der Waals surface area contributed by atoms with Crippen LogP contribution in [0.15, 0.2) is 0 Å². The molecule has 0 aromatic rings. The Morgan fingerprint density at radius 2 is 0.625 bits per heavy atom. The van der Waals surface area contributed by atoms with Crippen molar-refractivity contribution in [3.63, 3.8) is 0 Å². The van der Waals surface area contributed by atoms with Crippen molar-refractivity contribution in [3.8, 4) is 0 Å². The van der Waals surface area contributed by atoms with Crippen LogP contribution in [0.3, 0.4) is 0 Å². The second-order valence-corrected chi connectivity index (χ2v) is 0. The van der Waals surface area contributed by atoms with E-state index in [9.17, 15) is 0 Å². The fourth-order valence-corrected chi connectivity index (χ4v) is 0. The van der Waals surface area contributed by atoms with Gasteiger partial charge in [0, 0.05) is 0 Å². The second kappa shape index (κ2) is 68.3. The smallest absolute Gasteiger partial charge is 2.00 e. The van der Waals surface area contributed by atoms with Gasteiger partial charge in [0.2, 0.25) is 0 Å². The molecule has 0 fully saturated rings. The number of hydrogen-bond acceptors (Lipinski definition) is 0. The van der Waals surface area contributed by atoms with Crippen molar-refractivity contribution >= 4 is 83.2 Å². The maximum atomic E-state index is 0. The summed E-state index contributed by atoms with van der Waals surface area (Å²) in [7, 11) is 0. The minimum absolute atomic E-state index is 0. The summed E-state index contributed by atoms with van der Waals surface area (Å²) in [5.41, 5.74) is 0. The second-order valence-electron chi connectivity index (χ2n) is 0. The van der Waals surface area contributed by atoms with Crippen molar-refractivity contribution < 1.29 is 66.6 Å². The predicted octanol–water partition coefficient (Wildman–Crippen LogP) is -1.24. The van der Waals surface area contributed by atoms with Crippen LogP contribution in [0.1, 0.15) is 0 Å². The standard InChI is InChI=1S/Ca.Cu.Hg.4O.Sr/q3*+2;4*-2;+2. The maximum absolute atomic E-state index is 0. The summed E-state index contributed by atoms with van der Waals surface area (Å²) < 4.78 is 0. The van der Waals surface area contributed by atoms with Gasteiger partial charge in [-0.15, -0.1) is 0 Å². The van der Waals surface area contributed by atoms with E-state index in [0.717, 1.165) is 0 Å². The van der Waals surface area contributed by atoms with E-state index < -0.39 is 0 Å². The van der Waals surface area contributed by atoms with Crippen molar-refractivity contribution in [1.82, 2.24) is 0 Å². The summed E-state index contributed by atoms with van der Waals surface area (Å²) in [5, 5.41) is 0. The van der Waals surface area contributed by atoms with Crippen LogP contribution in [0.4, 0.5) is 0 Å². The van der Waals surface area contributed by atoms with Crippen molar-refractivity contribution in [3.05, 3.63) is 0 Å². The van der Waals surface area contributed by atoms with E-state index in [1.807, 2.05) is 0 Å². The molecule has 0 aromatic carbocycles. The Hall–Kier alpha value is 4.03. The fraction of sp³-hybridized carbons (Fsp3) is 0. The molecular weight excluding hydrogens is 456 g/mol. The molecule has 0 aliphatic heterocycles. The minimum atomic E-state index is 0. The van der Waals surface area contributed by atoms with E-state index in [4.69, 9.17) is 0 Å². The molecule has 0 unspecified atom stereocenters. The molecule has 0 amide bonds. The van der Waals surface area contributed by atoms with Gasteiger partial charge in [0.1, 0.15) is 0 Å². The zero-order valence-corrected chi connectivity index (χ0v) is 16.2. The summed E-state index contributed by atoms with van der Waals surface area (Å²) in [6, 6.07) is 0. The Morgan fingerprint density at radius 3 is 0.625 bits per heavy atom. The fourth-order valence-electron chi connectivity index (χ4n) is 0. The topological polar surface area (TPSA) is 114 Å². The number of rotatable bonds is 0. The van der Waals surface area contributed by atoms with E-state index in [-0.39, 0.29) is 150 Å². The van der Waals surface area contributed by atoms with Gasteiger partial charge in [0.25, 0.3) is 0 Å². The molecule has 0 heterocycles. The van der Waals surface area contributed by atoms with Gasteiger partial charge in [0.05, 0.1) is 0 Å². The molecule has 0 aromatic heterocycles. The third-order valence-electron chi connectivity index (χ3n) is 0. The average Bonchev–Trinajstić information content (AvgIpc) is 0. The molecule has 1 radical (unpaired) electrons. The third kappa shape index (κ3) is 50.3. The average molecular weight is 456 g/mol. The molecule has 4 nitrogen and oxygen atoms in total. The zero-order chi connectivity index (χ0) is 0. The first-order valence-corrected chi connectivity index (χ1v) is 0. The minimum Gasteiger partial charge on any atom is -2.00 e. The molecule has 0 spiro atoms. The first-order chi connectivity index (χ1) is 0. The molecule has 0 rings (SSSR count). The third-order valence-corrected chi connectivity index (χ3v) is 0. The van der Waals surface area contributed by atoms with Gasteiger partial charge in [-0.2, -0.15) is 0 Å². The first-order valence-electron chi connectivity index (χ1n) is 0. The molecule has 0 aliphatic carbocycles. The van der Waals surface area contributed by atoms with Crippen LogP contribution in [0.2, 0.25) is 0 Å². The van der Waals surface area contributed by atoms with Crippen LogP contribution in [-0.4, -0.2) is 83.2 Å². The molecule has 41 valence electrons. The van der Waals surface area contributed by atoms with Crippen LogP contribution in [0, 0.1) is 0 Å². The normalized spacial score (nSPS) is 0. The van der Waals surface area contributed by atoms with Gasteiger partial charge in [-0.05, 0) is 0 Å². The Labute approximate surface area is 146 Å². The Balaban J connectivity index is 0. The number of hydrogen-bond donors (Lipinski definition) is 0. The van der Waals surface area contributed by atoms with E-state index in [1.54, 1.807) is 0 Å². The molecule has 8 heavy (non-hydrogen) atoms. The molecule has 0 atom stereocenters. The van der Waals surface area contributed by atoms with Gasteiger partial charge >= 0.3 is 128 Å². The quantitative estimate of drug-likeness (QED) is 0.407. The van der Waals surface area contributed by atoms with Crippen LogP contribution < -0.4 is 0 Å². The van der Waals surface area contributed by atoms with Gasteiger partial charge in [0.15, 0.2) is 0 Å². The van der Waals surface area contributed by atoms with Crippen molar-refractivity contribution in [2.75, 3.05) is 0 Å². The molecule has 0 saturated heterocycles. The monoisotopic (exact) mass is 457 g/mol. The zero-order valence-electron chi connectivity index (χ0n) is 4.06. The molecule has 0 N–H and O–H groups in total. The van der Waals surface area contributed by atoms with E-state index >= 15 is 0 Å². The molecule has 0 bridgehead atoms. The van der Waals surface area contributed by atoms with Crippen LogP contribution in [0.5, 0.6) is 0 Å². The molecule has 8 heteroatoms. The summed E-state index contributed by atoms with van der Waals surface area (Å²) in [5.74, 6) is 0. The molecule has 0 saturated carbocycles. The first kappa shape index (κ1) is 90.0. The Kier molecular flexibility index (Phi) is 768. The largest absolute Gasteiger partial charge is 2.00 e. The van der Waals surface area contributed by atoms with E-state index in [0.29, 0.717) is 0 Å². The van der Waals surface area contributed by atoms with Crippen LogP contribution in [0.25, 0.3) is 0 Å². The summed E-state index contributed by atoms with van der Waals surface area (Å²) in [4.78, 5) is 0. The van der Waals surface area contributed by atoms with Crippen molar-refractivity contribution in [2.45, 2.75) is 0 Å². The maximum Gasteiger partial charge on any atom is 2.00 e. The van der Waals surface area contributed by atoms with Gasteiger partial charge in [-0.25, -0.2) is 0 Å². The summed E-state index contributed by atoms with van der Waals surface area (Å²) in [6.45, 7) is 0. The van der Waals surface area contributed by atoms with Crippen molar-refractivity contribution in [1.29, 1.82) is 0 Å².